The van der Waals surface area contributed by atoms with Gasteiger partial charge in [0, 0.05) is 56.7 Å². The first-order chi connectivity index (χ1) is 20.3. The first-order valence-corrected chi connectivity index (χ1v) is 15.3. The van der Waals surface area contributed by atoms with Gasteiger partial charge in [-0.15, -0.1) is 0 Å². The minimum atomic E-state index is -0.944. The maximum absolute atomic E-state index is 14.1. The molecule has 1 aromatic carbocycles. The number of piperidine rings is 1. The summed E-state index contributed by atoms with van der Waals surface area (Å²) in [4.78, 5) is 58.9. The summed E-state index contributed by atoms with van der Waals surface area (Å²) in [6, 6.07) is 5.68. The van der Waals surface area contributed by atoms with Crippen LogP contribution in [0.2, 0.25) is 0 Å². The lowest BCUT2D eigenvalue weighted by Gasteiger charge is -2.48. The Kier molecular flexibility index (Phi) is 9.08. The molecule has 2 saturated heterocycles. The quantitative estimate of drug-likeness (QED) is 0.391. The van der Waals surface area contributed by atoms with Gasteiger partial charge in [-0.05, 0) is 69.6 Å². The normalized spacial score (nSPS) is 24.1. The number of hydrogen-bond donors (Lipinski definition) is 0. The van der Waals surface area contributed by atoms with Crippen LogP contribution in [0.1, 0.15) is 57.4 Å². The van der Waals surface area contributed by atoms with Crippen molar-refractivity contribution >= 4 is 23.7 Å². The number of benzene rings is 1. The van der Waals surface area contributed by atoms with E-state index in [0.717, 1.165) is 31.2 Å². The predicted molar refractivity (Wildman–Crippen MR) is 155 cm³/mol. The van der Waals surface area contributed by atoms with Gasteiger partial charge in [-0.25, -0.2) is 0 Å². The van der Waals surface area contributed by atoms with Gasteiger partial charge in [0.25, 0.3) is 0 Å². The number of amides is 3. The van der Waals surface area contributed by atoms with Crippen molar-refractivity contribution in [1.82, 2.24) is 14.7 Å². The van der Waals surface area contributed by atoms with Crippen molar-refractivity contribution in [3.05, 3.63) is 35.5 Å². The molecular weight excluding hydrogens is 538 g/mol. The van der Waals surface area contributed by atoms with Crippen LogP contribution in [0, 0.1) is 17.3 Å². The highest BCUT2D eigenvalue weighted by Gasteiger charge is 2.54. The molecule has 0 bridgehead atoms. The van der Waals surface area contributed by atoms with Crippen molar-refractivity contribution in [3.8, 4) is 11.5 Å². The highest BCUT2D eigenvalue weighted by Crippen LogP contribution is 2.50. The molecule has 0 spiro atoms. The Morgan fingerprint density at radius 3 is 2.38 bits per heavy atom. The van der Waals surface area contributed by atoms with Crippen LogP contribution in [0.5, 0.6) is 11.5 Å². The monoisotopic (exact) mass is 581 g/mol. The second kappa shape index (κ2) is 12.8. The molecule has 0 aromatic heterocycles. The number of likely N-dealkylation sites (tertiary alicyclic amines) is 1. The minimum absolute atomic E-state index is 0.0384. The van der Waals surface area contributed by atoms with E-state index in [2.05, 4.69) is 0 Å². The molecule has 228 valence electrons. The number of esters is 1. The number of piperazine rings is 1. The van der Waals surface area contributed by atoms with Crippen LogP contribution in [0.3, 0.4) is 0 Å². The Morgan fingerprint density at radius 2 is 1.71 bits per heavy atom. The molecule has 2 atom stereocenters. The van der Waals surface area contributed by atoms with Crippen LogP contribution in [0.25, 0.3) is 0 Å². The van der Waals surface area contributed by atoms with E-state index < -0.39 is 11.3 Å². The molecule has 4 aliphatic rings. The lowest BCUT2D eigenvalue weighted by Crippen LogP contribution is -2.55. The van der Waals surface area contributed by atoms with Crippen LogP contribution in [-0.4, -0.2) is 91.9 Å². The van der Waals surface area contributed by atoms with Crippen LogP contribution in [0.15, 0.2) is 30.0 Å². The SMILES string of the molecule is CCOC(=O)[C@]12CCCC=C1N(CCc1ccc(OC)c(OC)c1)C(=O)[C@@H](CC(=O)N1CCN(C(=O)C3CC3)CC1)C2. The Bertz CT molecular complexity index is 1230. The van der Waals surface area contributed by atoms with Crippen LogP contribution in [0.4, 0.5) is 0 Å². The molecule has 0 unspecified atom stereocenters. The molecule has 42 heavy (non-hydrogen) atoms. The fraction of sp³-hybridized carbons (Fsp3) is 0.625. The molecule has 2 aliphatic carbocycles. The lowest BCUT2D eigenvalue weighted by molar-refractivity contribution is -0.162. The van der Waals surface area contributed by atoms with Crippen molar-refractivity contribution in [2.75, 3.05) is 53.6 Å². The summed E-state index contributed by atoms with van der Waals surface area (Å²) in [5.41, 5.74) is 0.740. The molecule has 10 nitrogen and oxygen atoms in total. The van der Waals surface area contributed by atoms with Crippen molar-refractivity contribution in [2.45, 2.75) is 58.3 Å². The van der Waals surface area contributed by atoms with Gasteiger partial charge in [-0.1, -0.05) is 12.1 Å². The molecule has 10 heteroatoms. The number of carbonyl (C=O) groups is 4. The summed E-state index contributed by atoms with van der Waals surface area (Å²) in [5, 5.41) is 0. The summed E-state index contributed by atoms with van der Waals surface area (Å²) in [7, 11) is 3.17. The second-order valence-electron chi connectivity index (χ2n) is 11.8. The highest BCUT2D eigenvalue weighted by atomic mass is 16.5. The smallest absolute Gasteiger partial charge is 0.318 e. The van der Waals surface area contributed by atoms with E-state index >= 15 is 0 Å². The largest absolute Gasteiger partial charge is 0.493 e. The molecule has 1 aromatic rings. The van der Waals surface area contributed by atoms with E-state index in [9.17, 15) is 19.2 Å². The molecule has 5 rings (SSSR count). The highest BCUT2D eigenvalue weighted by molar-refractivity contribution is 5.92. The summed E-state index contributed by atoms with van der Waals surface area (Å²) in [6.07, 6.45) is 6.98. The molecule has 2 heterocycles. The number of hydrogen-bond acceptors (Lipinski definition) is 7. The Morgan fingerprint density at radius 1 is 1.00 bits per heavy atom. The minimum Gasteiger partial charge on any atom is -0.493 e. The predicted octanol–water partition coefficient (Wildman–Crippen LogP) is 3.18. The lowest BCUT2D eigenvalue weighted by atomic mass is 9.66. The first kappa shape index (κ1) is 29.9. The zero-order valence-electron chi connectivity index (χ0n) is 25.1. The second-order valence-corrected chi connectivity index (χ2v) is 11.8. The summed E-state index contributed by atoms with van der Waals surface area (Å²) >= 11 is 0. The van der Waals surface area contributed by atoms with E-state index in [1.807, 2.05) is 29.2 Å². The topological polar surface area (TPSA) is 106 Å². The fourth-order valence-corrected chi connectivity index (χ4v) is 6.72. The molecule has 0 N–H and O–H groups in total. The van der Waals surface area contributed by atoms with Gasteiger partial charge in [0.1, 0.15) is 5.41 Å². The van der Waals surface area contributed by atoms with Crippen LogP contribution < -0.4 is 9.47 Å². The van der Waals surface area contributed by atoms with Crippen LogP contribution >= 0.6 is 0 Å². The average molecular weight is 582 g/mol. The van der Waals surface area contributed by atoms with Gasteiger partial charge in [0.2, 0.25) is 17.7 Å². The van der Waals surface area contributed by atoms with Gasteiger partial charge >= 0.3 is 5.97 Å². The van der Waals surface area contributed by atoms with Gasteiger partial charge in [-0.2, -0.15) is 0 Å². The van der Waals surface area contributed by atoms with E-state index in [4.69, 9.17) is 14.2 Å². The summed E-state index contributed by atoms with van der Waals surface area (Å²) in [5.74, 6) is 0.422. The number of allylic oxidation sites excluding steroid dienone is 1. The molecule has 3 fully saturated rings. The Hall–Kier alpha value is -3.56. The maximum atomic E-state index is 14.1. The van der Waals surface area contributed by atoms with Gasteiger partial charge in [0.05, 0.1) is 20.8 Å². The average Bonchev–Trinajstić information content (AvgIpc) is 3.86. The molecule has 2 aliphatic heterocycles. The third kappa shape index (κ3) is 5.99. The number of nitrogens with zero attached hydrogens (tertiary/aromatic N) is 3. The zero-order chi connectivity index (χ0) is 29.9. The van der Waals surface area contributed by atoms with E-state index in [0.29, 0.717) is 62.8 Å². The number of methoxy groups -OCH3 is 2. The third-order valence-electron chi connectivity index (χ3n) is 9.17. The van der Waals surface area contributed by atoms with E-state index in [1.165, 1.54) is 0 Å². The molecular formula is C32H43N3O7. The summed E-state index contributed by atoms with van der Waals surface area (Å²) < 4.78 is 16.4. The van der Waals surface area contributed by atoms with Gasteiger partial charge in [-0.3, -0.25) is 19.2 Å². The van der Waals surface area contributed by atoms with Crippen LogP contribution in [-0.2, 0) is 30.3 Å². The number of fused-ring (bicyclic) bond motifs is 1. The van der Waals surface area contributed by atoms with Crippen molar-refractivity contribution in [2.24, 2.45) is 17.3 Å². The van der Waals surface area contributed by atoms with Gasteiger partial charge in [0.15, 0.2) is 11.5 Å². The van der Waals surface area contributed by atoms with Crippen molar-refractivity contribution < 1.29 is 33.4 Å². The number of carbonyl (C=O) groups excluding carboxylic acids is 4. The molecule has 0 radical (unpaired) electrons. The van der Waals surface area contributed by atoms with Gasteiger partial charge < -0.3 is 28.9 Å². The van der Waals surface area contributed by atoms with E-state index in [1.54, 1.807) is 30.9 Å². The zero-order valence-corrected chi connectivity index (χ0v) is 25.1. The van der Waals surface area contributed by atoms with Crippen molar-refractivity contribution in [3.63, 3.8) is 0 Å². The maximum Gasteiger partial charge on any atom is 0.318 e. The standard InChI is InChI=1S/C32H43N3O7/c1-4-42-31(39)32-13-6-5-7-27(32)35(14-12-22-8-11-25(40-2)26(19-22)41-3)30(38)24(21-32)20-28(36)33-15-17-34(18-16-33)29(37)23-9-10-23/h7-8,11,19,23-24H,4-6,9-10,12-18,20-21H2,1-3H3/t24-,32-/m0/s1. The fourth-order valence-electron chi connectivity index (χ4n) is 6.72. The first-order valence-electron chi connectivity index (χ1n) is 15.3. The Balaban J connectivity index is 1.34. The van der Waals surface area contributed by atoms with Crippen molar-refractivity contribution in [1.29, 1.82) is 0 Å². The summed E-state index contributed by atoms with van der Waals surface area (Å²) in [6.45, 7) is 4.39. The van der Waals surface area contributed by atoms with E-state index in [-0.39, 0.29) is 49.1 Å². The molecule has 1 saturated carbocycles. The number of rotatable bonds is 10. The number of ether oxygens (including phenoxy) is 3. The Labute approximate surface area is 247 Å². The molecule has 3 amide bonds. The third-order valence-corrected chi connectivity index (χ3v) is 9.17.